The van der Waals surface area contributed by atoms with Crippen LogP contribution in [0.2, 0.25) is 5.02 Å². The van der Waals surface area contributed by atoms with E-state index in [1.807, 2.05) is 12.1 Å². The van der Waals surface area contributed by atoms with Gasteiger partial charge in [0, 0.05) is 35.2 Å². The summed E-state index contributed by atoms with van der Waals surface area (Å²) in [5, 5.41) is 2.07. The first-order valence-electron chi connectivity index (χ1n) is 7.44. The molecular formula is C16H22ClN3. The third-order valence-electron chi connectivity index (χ3n) is 4.30. The predicted molar refractivity (Wildman–Crippen MR) is 85.0 cm³/mol. The van der Waals surface area contributed by atoms with E-state index in [9.17, 15) is 0 Å². The molecule has 2 heterocycles. The van der Waals surface area contributed by atoms with E-state index in [1.54, 1.807) is 0 Å². The smallest absolute Gasteiger partial charge is 0.0472 e. The summed E-state index contributed by atoms with van der Waals surface area (Å²) in [5.41, 5.74) is 8.19. The molecule has 0 saturated carbocycles. The van der Waals surface area contributed by atoms with Crippen molar-refractivity contribution in [1.82, 2.24) is 9.88 Å². The largest absolute Gasteiger partial charge is 0.361 e. The third-order valence-corrected chi connectivity index (χ3v) is 4.54. The van der Waals surface area contributed by atoms with Crippen molar-refractivity contribution < 1.29 is 0 Å². The van der Waals surface area contributed by atoms with E-state index in [2.05, 4.69) is 22.1 Å². The number of rotatable bonds is 4. The maximum absolute atomic E-state index is 6.03. The second kappa shape index (κ2) is 6.17. The summed E-state index contributed by atoms with van der Waals surface area (Å²) in [4.78, 5) is 5.88. The maximum Gasteiger partial charge on any atom is 0.0472 e. The van der Waals surface area contributed by atoms with Crippen molar-refractivity contribution in [2.45, 2.75) is 25.8 Å². The summed E-state index contributed by atoms with van der Waals surface area (Å²) in [6.07, 6.45) is 5.89. The molecule has 1 aromatic carbocycles. The van der Waals surface area contributed by atoms with E-state index in [0.29, 0.717) is 0 Å². The second-order valence-electron chi connectivity index (χ2n) is 5.82. The minimum absolute atomic E-state index is 0.772. The Kier molecular flexibility index (Phi) is 4.29. The number of piperidine rings is 1. The summed E-state index contributed by atoms with van der Waals surface area (Å²) in [7, 11) is 0. The molecule has 1 saturated heterocycles. The Morgan fingerprint density at radius 3 is 3.15 bits per heavy atom. The number of hydrogen-bond donors (Lipinski definition) is 2. The summed E-state index contributed by atoms with van der Waals surface area (Å²) >= 11 is 6.03. The van der Waals surface area contributed by atoms with Gasteiger partial charge in [0.05, 0.1) is 0 Å². The fraction of sp³-hybridized carbons (Fsp3) is 0.500. The lowest BCUT2D eigenvalue weighted by Gasteiger charge is -2.32. The average Bonchev–Trinajstić information content (AvgIpc) is 2.82. The van der Waals surface area contributed by atoms with E-state index >= 15 is 0 Å². The molecule has 1 aliphatic rings. The molecule has 3 N–H and O–H groups in total. The van der Waals surface area contributed by atoms with Crippen LogP contribution in [0.5, 0.6) is 0 Å². The van der Waals surface area contributed by atoms with Gasteiger partial charge >= 0.3 is 0 Å². The number of benzene rings is 1. The molecule has 0 spiro atoms. The summed E-state index contributed by atoms with van der Waals surface area (Å²) in [5.74, 6) is 0.772. The molecule has 3 nitrogen and oxygen atoms in total. The van der Waals surface area contributed by atoms with Gasteiger partial charge < -0.3 is 10.7 Å². The van der Waals surface area contributed by atoms with Gasteiger partial charge in [0.25, 0.3) is 0 Å². The molecule has 1 aliphatic heterocycles. The number of aromatic amines is 1. The quantitative estimate of drug-likeness (QED) is 0.907. The van der Waals surface area contributed by atoms with E-state index in [0.717, 1.165) is 36.0 Å². The first-order chi connectivity index (χ1) is 9.76. The Morgan fingerprint density at radius 1 is 1.40 bits per heavy atom. The number of nitrogens with zero attached hydrogens (tertiary/aromatic N) is 1. The van der Waals surface area contributed by atoms with Gasteiger partial charge in [-0.05, 0) is 56.0 Å². The molecule has 1 unspecified atom stereocenters. The molecule has 1 aromatic heterocycles. The van der Waals surface area contributed by atoms with E-state index < -0.39 is 0 Å². The number of nitrogens with two attached hydrogens (primary N) is 1. The molecule has 1 fully saturated rings. The van der Waals surface area contributed by atoms with Crippen LogP contribution in [-0.2, 0) is 6.54 Å². The lowest BCUT2D eigenvalue weighted by atomic mass is 9.94. The first-order valence-corrected chi connectivity index (χ1v) is 7.82. The van der Waals surface area contributed by atoms with Crippen LogP contribution >= 0.6 is 11.6 Å². The van der Waals surface area contributed by atoms with Crippen LogP contribution in [0.15, 0.2) is 24.4 Å². The highest BCUT2D eigenvalue weighted by atomic mass is 35.5. The number of halogens is 1. The Hall–Kier alpha value is -1.03. The number of likely N-dealkylation sites (tertiary alicyclic amines) is 1. The zero-order valence-corrected chi connectivity index (χ0v) is 12.5. The zero-order chi connectivity index (χ0) is 13.9. The number of fused-ring (bicyclic) bond motifs is 1. The van der Waals surface area contributed by atoms with Gasteiger partial charge in [-0.3, -0.25) is 4.90 Å². The standard InChI is InChI=1S/C16H22ClN3/c17-14-3-4-15-13(9-19-16(15)8-14)11-20-7-1-2-12(10-20)5-6-18/h3-4,8-9,12,19H,1-2,5-7,10-11,18H2. The molecule has 0 aliphatic carbocycles. The Balaban J connectivity index is 1.72. The number of hydrogen-bond acceptors (Lipinski definition) is 2. The molecule has 1 atom stereocenters. The van der Waals surface area contributed by atoms with Crippen LogP contribution in [0, 0.1) is 5.92 Å². The van der Waals surface area contributed by atoms with Crippen molar-refractivity contribution in [3.8, 4) is 0 Å². The highest BCUT2D eigenvalue weighted by molar-refractivity contribution is 6.31. The zero-order valence-electron chi connectivity index (χ0n) is 11.7. The lowest BCUT2D eigenvalue weighted by Crippen LogP contribution is -2.35. The Morgan fingerprint density at radius 2 is 2.30 bits per heavy atom. The van der Waals surface area contributed by atoms with Crippen LogP contribution in [0.1, 0.15) is 24.8 Å². The topological polar surface area (TPSA) is 45.0 Å². The molecule has 0 bridgehead atoms. The van der Waals surface area contributed by atoms with Crippen molar-refractivity contribution in [1.29, 1.82) is 0 Å². The molecule has 4 heteroatoms. The Labute approximate surface area is 125 Å². The van der Waals surface area contributed by atoms with E-state index in [1.165, 1.54) is 36.9 Å². The van der Waals surface area contributed by atoms with Gasteiger partial charge in [0.2, 0.25) is 0 Å². The minimum Gasteiger partial charge on any atom is -0.361 e. The summed E-state index contributed by atoms with van der Waals surface area (Å²) < 4.78 is 0. The number of nitrogens with one attached hydrogen (secondary N) is 1. The van der Waals surface area contributed by atoms with Crippen LogP contribution in [0.4, 0.5) is 0 Å². The number of aromatic nitrogens is 1. The van der Waals surface area contributed by atoms with Gasteiger partial charge in [-0.2, -0.15) is 0 Å². The van der Waals surface area contributed by atoms with Gasteiger partial charge in [-0.25, -0.2) is 0 Å². The SMILES string of the molecule is NCCC1CCCN(Cc2c[nH]c3cc(Cl)ccc23)C1. The summed E-state index contributed by atoms with van der Waals surface area (Å²) in [6.45, 7) is 4.20. The van der Waals surface area contributed by atoms with Gasteiger partial charge in [-0.15, -0.1) is 0 Å². The average molecular weight is 292 g/mol. The van der Waals surface area contributed by atoms with Crippen molar-refractivity contribution in [2.75, 3.05) is 19.6 Å². The van der Waals surface area contributed by atoms with Crippen molar-refractivity contribution in [3.05, 3.63) is 35.0 Å². The summed E-state index contributed by atoms with van der Waals surface area (Å²) in [6, 6.07) is 6.08. The van der Waals surface area contributed by atoms with Gasteiger partial charge in [-0.1, -0.05) is 17.7 Å². The fourth-order valence-electron chi connectivity index (χ4n) is 3.30. The first kappa shape index (κ1) is 13.9. The predicted octanol–water partition coefficient (Wildman–Crippen LogP) is 3.38. The van der Waals surface area contributed by atoms with Crippen molar-refractivity contribution in [3.63, 3.8) is 0 Å². The van der Waals surface area contributed by atoms with E-state index in [4.69, 9.17) is 17.3 Å². The van der Waals surface area contributed by atoms with Crippen LogP contribution in [0.3, 0.4) is 0 Å². The van der Waals surface area contributed by atoms with Crippen molar-refractivity contribution >= 4 is 22.5 Å². The maximum atomic E-state index is 6.03. The molecule has 0 amide bonds. The molecule has 3 rings (SSSR count). The third kappa shape index (κ3) is 3.00. The van der Waals surface area contributed by atoms with Crippen LogP contribution < -0.4 is 5.73 Å². The molecular weight excluding hydrogens is 270 g/mol. The highest BCUT2D eigenvalue weighted by Crippen LogP contribution is 2.25. The van der Waals surface area contributed by atoms with E-state index in [-0.39, 0.29) is 0 Å². The monoisotopic (exact) mass is 291 g/mol. The minimum atomic E-state index is 0.772. The molecule has 20 heavy (non-hydrogen) atoms. The van der Waals surface area contributed by atoms with Gasteiger partial charge in [0.15, 0.2) is 0 Å². The van der Waals surface area contributed by atoms with Gasteiger partial charge in [0.1, 0.15) is 0 Å². The normalized spacial score (nSPS) is 20.6. The molecule has 108 valence electrons. The van der Waals surface area contributed by atoms with Crippen molar-refractivity contribution in [2.24, 2.45) is 11.7 Å². The Bertz CT molecular complexity index is 576. The van der Waals surface area contributed by atoms with Crippen LogP contribution in [-0.4, -0.2) is 29.5 Å². The second-order valence-corrected chi connectivity index (χ2v) is 6.26. The number of H-pyrrole nitrogens is 1. The molecule has 0 radical (unpaired) electrons. The fourth-order valence-corrected chi connectivity index (χ4v) is 3.47. The highest BCUT2D eigenvalue weighted by Gasteiger charge is 2.20. The molecule has 2 aromatic rings. The van der Waals surface area contributed by atoms with Crippen LogP contribution in [0.25, 0.3) is 10.9 Å². The lowest BCUT2D eigenvalue weighted by molar-refractivity contribution is 0.163.